The molecule has 0 aromatic rings. The summed E-state index contributed by atoms with van der Waals surface area (Å²) in [5.41, 5.74) is 3.78. The maximum absolute atomic E-state index is 6.18. The van der Waals surface area contributed by atoms with E-state index in [4.69, 9.17) is 4.74 Å². The predicted molar refractivity (Wildman–Crippen MR) is 70.1 cm³/mol. The van der Waals surface area contributed by atoms with E-state index >= 15 is 0 Å². The highest BCUT2D eigenvalue weighted by atomic mass is 16.5. The third-order valence-electron chi connectivity index (χ3n) is 4.82. The van der Waals surface area contributed by atoms with Crippen LogP contribution in [0.1, 0.15) is 57.8 Å². The maximum Gasteiger partial charge on any atom is 0.0719 e. The highest BCUT2D eigenvalue weighted by Gasteiger charge is 2.37. The van der Waals surface area contributed by atoms with Gasteiger partial charge in [0.25, 0.3) is 0 Å². The minimum atomic E-state index is 0.254. The standard InChI is InChI=1S/C15H25NO/c1-2-7-15(8-3-1)12-14(6-11-17-15)13-4-9-16-10-5-13/h16H,1-12H2. The highest BCUT2D eigenvalue weighted by Crippen LogP contribution is 2.42. The van der Waals surface area contributed by atoms with Crippen LogP contribution in [0, 0.1) is 0 Å². The van der Waals surface area contributed by atoms with E-state index in [2.05, 4.69) is 5.32 Å². The van der Waals surface area contributed by atoms with Gasteiger partial charge in [-0.05, 0) is 51.6 Å². The normalized spacial score (nSPS) is 29.6. The second-order valence-corrected chi connectivity index (χ2v) is 5.98. The average Bonchev–Trinajstić information content (AvgIpc) is 2.41. The maximum atomic E-state index is 6.18. The smallest absolute Gasteiger partial charge is 0.0719 e. The van der Waals surface area contributed by atoms with Crippen LogP contribution in [0.4, 0.5) is 0 Å². The van der Waals surface area contributed by atoms with Gasteiger partial charge in [-0.25, -0.2) is 0 Å². The first-order valence-corrected chi connectivity index (χ1v) is 7.42. The van der Waals surface area contributed by atoms with Crippen molar-refractivity contribution in [1.82, 2.24) is 5.32 Å². The lowest BCUT2D eigenvalue weighted by Gasteiger charge is -2.42. The van der Waals surface area contributed by atoms with Crippen LogP contribution in [0.3, 0.4) is 0 Å². The molecule has 3 rings (SSSR count). The molecule has 0 amide bonds. The number of nitrogens with one attached hydrogen (secondary N) is 1. The number of piperidine rings is 1. The summed E-state index contributed by atoms with van der Waals surface area (Å²) in [6, 6.07) is 0. The van der Waals surface area contributed by atoms with Gasteiger partial charge >= 0.3 is 0 Å². The molecule has 0 aromatic carbocycles. The number of ether oxygens (including phenoxy) is 1. The van der Waals surface area contributed by atoms with Crippen LogP contribution in [-0.2, 0) is 4.74 Å². The van der Waals surface area contributed by atoms with E-state index in [0.29, 0.717) is 0 Å². The molecule has 0 atom stereocenters. The number of hydrogen-bond acceptors (Lipinski definition) is 2. The molecule has 1 saturated carbocycles. The Bertz CT molecular complexity index is 289. The Morgan fingerprint density at radius 2 is 1.65 bits per heavy atom. The first-order valence-electron chi connectivity index (χ1n) is 7.42. The number of hydrogen-bond donors (Lipinski definition) is 1. The quantitative estimate of drug-likeness (QED) is 0.651. The van der Waals surface area contributed by atoms with Crippen molar-refractivity contribution >= 4 is 0 Å². The minimum absolute atomic E-state index is 0.254. The molecule has 2 saturated heterocycles. The van der Waals surface area contributed by atoms with Gasteiger partial charge in [-0.15, -0.1) is 0 Å². The summed E-state index contributed by atoms with van der Waals surface area (Å²) in [6.45, 7) is 3.35. The van der Waals surface area contributed by atoms with Crippen LogP contribution in [0.25, 0.3) is 0 Å². The van der Waals surface area contributed by atoms with Gasteiger partial charge in [0.05, 0.1) is 12.2 Å². The van der Waals surface area contributed by atoms with Crippen LogP contribution >= 0.6 is 0 Å². The van der Waals surface area contributed by atoms with Crippen LogP contribution in [0.15, 0.2) is 11.1 Å². The first kappa shape index (κ1) is 11.7. The van der Waals surface area contributed by atoms with Crippen molar-refractivity contribution in [2.45, 2.75) is 63.4 Å². The third kappa shape index (κ3) is 2.58. The zero-order chi connectivity index (χ0) is 11.6. The highest BCUT2D eigenvalue weighted by molar-refractivity contribution is 5.20. The van der Waals surface area contributed by atoms with Gasteiger partial charge in [-0.2, -0.15) is 0 Å². The van der Waals surface area contributed by atoms with E-state index in [1.165, 1.54) is 70.9 Å². The Kier molecular flexibility index (Phi) is 3.53. The summed E-state index contributed by atoms with van der Waals surface area (Å²) >= 11 is 0. The molecule has 3 aliphatic rings. The van der Waals surface area contributed by atoms with Crippen LogP contribution in [-0.4, -0.2) is 25.3 Å². The monoisotopic (exact) mass is 235 g/mol. The molecular formula is C15H25NO. The van der Waals surface area contributed by atoms with Gasteiger partial charge in [-0.1, -0.05) is 30.4 Å². The zero-order valence-corrected chi connectivity index (χ0v) is 10.9. The fourth-order valence-corrected chi connectivity index (χ4v) is 3.82. The summed E-state index contributed by atoms with van der Waals surface area (Å²) < 4.78 is 6.18. The first-order chi connectivity index (χ1) is 8.38. The summed E-state index contributed by atoms with van der Waals surface area (Å²) in [7, 11) is 0. The fraction of sp³-hybridized carbons (Fsp3) is 0.867. The average molecular weight is 235 g/mol. The zero-order valence-electron chi connectivity index (χ0n) is 10.9. The van der Waals surface area contributed by atoms with Gasteiger partial charge in [0.15, 0.2) is 0 Å². The Labute approximate surface area is 105 Å². The van der Waals surface area contributed by atoms with Crippen LogP contribution < -0.4 is 5.32 Å². The van der Waals surface area contributed by atoms with Crippen LogP contribution in [0.5, 0.6) is 0 Å². The van der Waals surface area contributed by atoms with Gasteiger partial charge < -0.3 is 10.1 Å². The lowest BCUT2D eigenvalue weighted by atomic mass is 9.76. The Morgan fingerprint density at radius 1 is 0.882 bits per heavy atom. The predicted octanol–water partition coefficient (Wildman–Crippen LogP) is 3.18. The second kappa shape index (κ2) is 5.11. The summed E-state index contributed by atoms with van der Waals surface area (Å²) in [6.07, 6.45) is 11.8. The van der Waals surface area contributed by atoms with Crippen molar-refractivity contribution in [2.24, 2.45) is 0 Å². The van der Waals surface area contributed by atoms with Gasteiger partial charge in [0.1, 0.15) is 0 Å². The van der Waals surface area contributed by atoms with Gasteiger partial charge in [-0.3, -0.25) is 0 Å². The molecule has 0 bridgehead atoms. The Hall–Kier alpha value is -0.340. The Balaban J connectivity index is 1.73. The van der Waals surface area contributed by atoms with Crippen molar-refractivity contribution in [3.05, 3.63) is 11.1 Å². The summed E-state index contributed by atoms with van der Waals surface area (Å²) in [5, 5.41) is 3.46. The van der Waals surface area contributed by atoms with Crippen molar-refractivity contribution in [2.75, 3.05) is 19.7 Å². The molecule has 0 unspecified atom stereocenters. The minimum Gasteiger partial charge on any atom is -0.374 e. The van der Waals surface area contributed by atoms with E-state index < -0.39 is 0 Å². The molecule has 2 aliphatic heterocycles. The van der Waals surface area contributed by atoms with Crippen molar-refractivity contribution < 1.29 is 4.74 Å². The molecule has 2 heteroatoms. The Morgan fingerprint density at radius 3 is 2.41 bits per heavy atom. The molecule has 1 N–H and O–H groups in total. The summed E-state index contributed by atoms with van der Waals surface area (Å²) in [4.78, 5) is 0. The topological polar surface area (TPSA) is 21.3 Å². The van der Waals surface area contributed by atoms with E-state index in [1.54, 1.807) is 11.1 Å². The molecule has 17 heavy (non-hydrogen) atoms. The van der Waals surface area contributed by atoms with E-state index in [1.807, 2.05) is 0 Å². The molecule has 0 aromatic heterocycles. The van der Waals surface area contributed by atoms with E-state index in [0.717, 1.165) is 6.61 Å². The molecule has 96 valence electrons. The molecular weight excluding hydrogens is 210 g/mol. The fourth-order valence-electron chi connectivity index (χ4n) is 3.82. The molecule has 2 nitrogen and oxygen atoms in total. The largest absolute Gasteiger partial charge is 0.374 e. The molecule has 1 spiro atoms. The van der Waals surface area contributed by atoms with Crippen molar-refractivity contribution in [3.63, 3.8) is 0 Å². The van der Waals surface area contributed by atoms with E-state index in [9.17, 15) is 0 Å². The van der Waals surface area contributed by atoms with Crippen molar-refractivity contribution in [1.29, 1.82) is 0 Å². The molecule has 3 fully saturated rings. The molecule has 2 heterocycles. The molecule has 0 radical (unpaired) electrons. The lowest BCUT2D eigenvalue weighted by Crippen LogP contribution is -2.39. The molecule has 1 aliphatic carbocycles. The second-order valence-electron chi connectivity index (χ2n) is 5.98. The third-order valence-corrected chi connectivity index (χ3v) is 4.82. The SMILES string of the molecule is C1CCC2(CC1)CC(=C1CCNCC1)CCO2. The summed E-state index contributed by atoms with van der Waals surface area (Å²) in [5.74, 6) is 0. The van der Waals surface area contributed by atoms with Crippen LogP contribution in [0.2, 0.25) is 0 Å². The van der Waals surface area contributed by atoms with E-state index in [-0.39, 0.29) is 5.60 Å². The number of rotatable bonds is 0. The lowest BCUT2D eigenvalue weighted by molar-refractivity contribution is -0.0844. The van der Waals surface area contributed by atoms with Crippen molar-refractivity contribution in [3.8, 4) is 0 Å². The van der Waals surface area contributed by atoms with Gasteiger partial charge in [0.2, 0.25) is 0 Å². The van der Waals surface area contributed by atoms with Gasteiger partial charge in [0, 0.05) is 0 Å².